The van der Waals surface area contributed by atoms with Gasteiger partial charge in [0.15, 0.2) is 0 Å². The van der Waals surface area contributed by atoms with Gasteiger partial charge in [0.05, 0.1) is 25.2 Å². The fourth-order valence-electron chi connectivity index (χ4n) is 2.57. The van der Waals surface area contributed by atoms with Crippen LogP contribution in [-0.4, -0.2) is 50.5 Å². The van der Waals surface area contributed by atoms with Crippen LogP contribution in [0.25, 0.3) is 0 Å². The Labute approximate surface area is 119 Å². The smallest absolute Gasteiger partial charge is 0.310 e. The second kappa shape index (κ2) is 8.92. The molecule has 1 rings (SSSR count). The van der Waals surface area contributed by atoms with Gasteiger partial charge >= 0.3 is 5.97 Å². The number of carbonyl (C=O) groups is 2. The number of ether oxygens (including phenoxy) is 2. The third-order valence-electron chi connectivity index (χ3n) is 3.76. The fraction of sp³-hybridized carbons (Fsp3) is 0.857. The van der Waals surface area contributed by atoms with Gasteiger partial charge in [-0.15, -0.1) is 0 Å². The summed E-state index contributed by atoms with van der Waals surface area (Å²) in [4.78, 5) is 23.3. The molecule has 1 aliphatic carbocycles. The summed E-state index contributed by atoms with van der Waals surface area (Å²) in [6.07, 6.45) is 4.10. The zero-order valence-corrected chi connectivity index (χ0v) is 12.2. The van der Waals surface area contributed by atoms with E-state index in [2.05, 4.69) is 5.32 Å². The summed E-state index contributed by atoms with van der Waals surface area (Å²) < 4.78 is 10.1. The predicted molar refractivity (Wildman–Crippen MR) is 73.5 cm³/mol. The molecule has 0 bridgehead atoms. The van der Waals surface area contributed by atoms with E-state index in [1.807, 2.05) is 0 Å². The molecule has 0 heterocycles. The van der Waals surface area contributed by atoms with E-state index in [0.29, 0.717) is 39.2 Å². The summed E-state index contributed by atoms with van der Waals surface area (Å²) in [5.74, 6) is -1.05. The van der Waals surface area contributed by atoms with Crippen molar-refractivity contribution < 1.29 is 24.2 Å². The van der Waals surface area contributed by atoms with Crippen molar-refractivity contribution in [3.05, 3.63) is 0 Å². The van der Waals surface area contributed by atoms with Crippen LogP contribution in [-0.2, 0) is 19.1 Å². The van der Waals surface area contributed by atoms with Crippen LogP contribution >= 0.6 is 0 Å². The third-order valence-corrected chi connectivity index (χ3v) is 3.76. The molecule has 0 atom stereocenters. The number of rotatable bonds is 9. The third kappa shape index (κ3) is 5.46. The monoisotopic (exact) mass is 287 g/mol. The van der Waals surface area contributed by atoms with Gasteiger partial charge < -0.3 is 19.9 Å². The standard InChI is InChI=1S/C14H25NO5/c1-19-9-10-20-8-7-15-12(16)11-14(13(17)18)5-3-2-4-6-14/h2-11H2,1H3,(H,15,16)(H,17,18). The van der Waals surface area contributed by atoms with Crippen LogP contribution < -0.4 is 5.32 Å². The Morgan fingerprint density at radius 1 is 1.15 bits per heavy atom. The number of carbonyl (C=O) groups excluding carboxylic acids is 1. The Bertz CT molecular complexity index is 313. The van der Waals surface area contributed by atoms with Crippen molar-refractivity contribution in [1.82, 2.24) is 5.32 Å². The Morgan fingerprint density at radius 2 is 1.85 bits per heavy atom. The van der Waals surface area contributed by atoms with Crippen molar-refractivity contribution in [2.75, 3.05) is 33.5 Å². The number of nitrogens with one attached hydrogen (secondary N) is 1. The predicted octanol–water partition coefficient (Wildman–Crippen LogP) is 1.19. The zero-order chi connectivity index (χ0) is 14.8. The molecular formula is C14H25NO5. The summed E-state index contributed by atoms with van der Waals surface area (Å²) in [5.41, 5.74) is -0.862. The molecule has 116 valence electrons. The van der Waals surface area contributed by atoms with E-state index in [1.165, 1.54) is 0 Å². The number of aliphatic carboxylic acids is 1. The number of carboxylic acids is 1. The van der Waals surface area contributed by atoms with Crippen molar-refractivity contribution in [1.29, 1.82) is 0 Å². The number of hydrogen-bond acceptors (Lipinski definition) is 4. The second-order valence-electron chi connectivity index (χ2n) is 5.28. The van der Waals surface area contributed by atoms with E-state index in [4.69, 9.17) is 9.47 Å². The maximum absolute atomic E-state index is 11.9. The maximum Gasteiger partial charge on any atom is 0.310 e. The summed E-state index contributed by atoms with van der Waals surface area (Å²) in [7, 11) is 1.60. The van der Waals surface area contributed by atoms with Crippen LogP contribution in [0.3, 0.4) is 0 Å². The van der Waals surface area contributed by atoms with E-state index >= 15 is 0 Å². The lowest BCUT2D eigenvalue weighted by atomic mass is 9.71. The molecule has 0 spiro atoms. The molecule has 20 heavy (non-hydrogen) atoms. The molecule has 1 saturated carbocycles. The van der Waals surface area contributed by atoms with Crippen molar-refractivity contribution in [2.24, 2.45) is 5.41 Å². The van der Waals surface area contributed by atoms with Crippen LogP contribution in [0.1, 0.15) is 38.5 Å². The molecule has 1 fully saturated rings. The van der Waals surface area contributed by atoms with Gasteiger partial charge in [0.1, 0.15) is 0 Å². The highest BCUT2D eigenvalue weighted by atomic mass is 16.5. The minimum atomic E-state index is -0.862. The molecule has 0 radical (unpaired) electrons. The van der Waals surface area contributed by atoms with Gasteiger partial charge in [-0.25, -0.2) is 0 Å². The largest absolute Gasteiger partial charge is 0.481 e. The summed E-state index contributed by atoms with van der Waals surface area (Å²) in [6, 6.07) is 0. The highest BCUT2D eigenvalue weighted by Gasteiger charge is 2.41. The van der Waals surface area contributed by atoms with Gasteiger partial charge in [-0.3, -0.25) is 9.59 Å². The van der Waals surface area contributed by atoms with Crippen LogP contribution in [0, 0.1) is 5.41 Å². The molecule has 0 aliphatic heterocycles. The lowest BCUT2D eigenvalue weighted by molar-refractivity contribution is -0.154. The van der Waals surface area contributed by atoms with Crippen molar-refractivity contribution >= 4 is 11.9 Å². The van der Waals surface area contributed by atoms with Crippen LogP contribution in [0.15, 0.2) is 0 Å². The molecule has 2 N–H and O–H groups in total. The van der Waals surface area contributed by atoms with E-state index in [9.17, 15) is 14.7 Å². The first-order valence-electron chi connectivity index (χ1n) is 7.17. The minimum absolute atomic E-state index is 0.0698. The van der Waals surface area contributed by atoms with Crippen molar-refractivity contribution in [3.8, 4) is 0 Å². The summed E-state index contributed by atoms with van der Waals surface area (Å²) >= 11 is 0. The lowest BCUT2D eigenvalue weighted by Crippen LogP contribution is -2.39. The highest BCUT2D eigenvalue weighted by molar-refractivity contribution is 5.85. The topological polar surface area (TPSA) is 84.9 Å². The second-order valence-corrected chi connectivity index (χ2v) is 5.28. The van der Waals surface area contributed by atoms with Gasteiger partial charge in [0.2, 0.25) is 5.91 Å². The maximum atomic E-state index is 11.9. The average Bonchev–Trinajstić information content (AvgIpc) is 2.43. The number of amides is 1. The molecule has 6 heteroatoms. The fourth-order valence-corrected chi connectivity index (χ4v) is 2.57. The van der Waals surface area contributed by atoms with E-state index in [-0.39, 0.29) is 12.3 Å². The van der Waals surface area contributed by atoms with E-state index in [0.717, 1.165) is 19.3 Å². The van der Waals surface area contributed by atoms with Gasteiger partial charge in [0, 0.05) is 20.1 Å². The highest BCUT2D eigenvalue weighted by Crippen LogP contribution is 2.39. The average molecular weight is 287 g/mol. The SMILES string of the molecule is COCCOCCNC(=O)CC1(C(=O)O)CCCCC1. The molecule has 0 aromatic heterocycles. The molecular weight excluding hydrogens is 262 g/mol. The molecule has 0 unspecified atom stereocenters. The molecule has 0 saturated heterocycles. The normalized spacial score (nSPS) is 17.6. The van der Waals surface area contributed by atoms with Crippen molar-refractivity contribution in [2.45, 2.75) is 38.5 Å². The van der Waals surface area contributed by atoms with Gasteiger partial charge in [-0.05, 0) is 12.8 Å². The quantitative estimate of drug-likeness (QED) is 0.622. The van der Waals surface area contributed by atoms with Crippen LogP contribution in [0.4, 0.5) is 0 Å². The first kappa shape index (κ1) is 16.9. The number of carboxylic acid groups (broad SMARTS) is 1. The molecule has 0 aromatic rings. The first-order valence-corrected chi connectivity index (χ1v) is 7.17. The Morgan fingerprint density at radius 3 is 2.45 bits per heavy atom. The Balaban J connectivity index is 2.27. The Kier molecular flexibility index (Phi) is 7.54. The van der Waals surface area contributed by atoms with Gasteiger partial charge in [-0.2, -0.15) is 0 Å². The van der Waals surface area contributed by atoms with Crippen LogP contribution in [0.5, 0.6) is 0 Å². The van der Waals surface area contributed by atoms with Crippen molar-refractivity contribution in [3.63, 3.8) is 0 Å². The lowest BCUT2D eigenvalue weighted by Gasteiger charge is -2.32. The molecule has 1 aliphatic rings. The van der Waals surface area contributed by atoms with Gasteiger partial charge in [-0.1, -0.05) is 19.3 Å². The summed E-state index contributed by atoms with van der Waals surface area (Å²) in [5, 5.41) is 12.1. The van der Waals surface area contributed by atoms with E-state index < -0.39 is 11.4 Å². The van der Waals surface area contributed by atoms with Crippen LogP contribution in [0.2, 0.25) is 0 Å². The number of methoxy groups -OCH3 is 1. The minimum Gasteiger partial charge on any atom is -0.481 e. The Hall–Kier alpha value is -1.14. The molecule has 1 amide bonds. The number of hydrogen-bond donors (Lipinski definition) is 2. The van der Waals surface area contributed by atoms with E-state index in [1.54, 1.807) is 7.11 Å². The zero-order valence-electron chi connectivity index (χ0n) is 12.2. The molecule has 0 aromatic carbocycles. The molecule has 6 nitrogen and oxygen atoms in total. The van der Waals surface area contributed by atoms with Gasteiger partial charge in [0.25, 0.3) is 0 Å². The first-order chi connectivity index (χ1) is 9.60. The summed E-state index contributed by atoms with van der Waals surface area (Å²) in [6.45, 7) is 1.83.